The first-order chi connectivity index (χ1) is 17.0. The van der Waals surface area contributed by atoms with Gasteiger partial charge in [0.1, 0.15) is 11.5 Å². The summed E-state index contributed by atoms with van der Waals surface area (Å²) in [5, 5.41) is 3.89. The lowest BCUT2D eigenvalue weighted by molar-refractivity contribution is 0.312. The number of nitrogen functional groups attached to an aromatic ring is 1. The third-order valence-corrected chi connectivity index (χ3v) is 6.37. The fraction of sp³-hybridized carbons (Fsp3) is 0.269. The van der Waals surface area contributed by atoms with E-state index in [0.717, 1.165) is 36.5 Å². The molecule has 0 radical (unpaired) electrons. The highest BCUT2D eigenvalue weighted by molar-refractivity contribution is 5.88. The number of nitrogens with zero attached hydrogens (tertiary/aromatic N) is 4. The van der Waals surface area contributed by atoms with Gasteiger partial charge in [-0.05, 0) is 42.8 Å². The number of anilines is 3. The number of pyridine rings is 1. The van der Waals surface area contributed by atoms with Crippen molar-refractivity contribution in [1.82, 2.24) is 19.4 Å². The zero-order valence-electron chi connectivity index (χ0n) is 20.0. The van der Waals surface area contributed by atoms with E-state index in [1.165, 1.54) is 17.2 Å². The van der Waals surface area contributed by atoms with Crippen molar-refractivity contribution in [1.29, 1.82) is 0 Å². The summed E-state index contributed by atoms with van der Waals surface area (Å²) in [6, 6.07) is 13.1. The standard InChI is InChI=1S/C26H28N6O3/c1-31-9-8-16-11-23(35-3)21(10-18(16)14-31)29-26-28-13-19-20(27)12-24(33)32(25(19)30-26)15-17-6-4-5-7-22(17)34-2/h4-7,10-13H,8-9,14-15,27H2,1-3H3,(H,28,29,30). The van der Waals surface area contributed by atoms with Crippen LogP contribution >= 0.6 is 0 Å². The molecule has 3 N–H and O–H groups in total. The van der Waals surface area contributed by atoms with Crippen LogP contribution in [0.2, 0.25) is 0 Å². The third kappa shape index (κ3) is 4.38. The SMILES string of the molecule is COc1ccccc1Cn1c(=O)cc(N)c2cnc(Nc3cc4c(cc3OC)CCN(C)C4)nc21. The van der Waals surface area contributed by atoms with E-state index in [4.69, 9.17) is 20.2 Å². The molecule has 1 aliphatic heterocycles. The monoisotopic (exact) mass is 472 g/mol. The molecular formula is C26H28N6O3. The van der Waals surface area contributed by atoms with Crippen molar-refractivity contribution in [3.05, 3.63) is 75.7 Å². The van der Waals surface area contributed by atoms with E-state index in [1.54, 1.807) is 25.0 Å². The fourth-order valence-corrected chi connectivity index (χ4v) is 4.51. The second kappa shape index (κ2) is 9.27. The zero-order valence-corrected chi connectivity index (χ0v) is 20.0. The molecule has 1 aliphatic rings. The Morgan fingerprint density at radius 2 is 1.89 bits per heavy atom. The van der Waals surface area contributed by atoms with Crippen LogP contribution in [0, 0.1) is 0 Å². The molecule has 35 heavy (non-hydrogen) atoms. The first kappa shape index (κ1) is 22.7. The largest absolute Gasteiger partial charge is 0.496 e. The summed E-state index contributed by atoms with van der Waals surface area (Å²) in [4.78, 5) is 24.4. The van der Waals surface area contributed by atoms with Gasteiger partial charge < -0.3 is 25.4 Å². The summed E-state index contributed by atoms with van der Waals surface area (Å²) in [5.41, 5.74) is 10.8. The molecule has 0 spiro atoms. The van der Waals surface area contributed by atoms with Crippen molar-refractivity contribution in [2.75, 3.05) is 38.9 Å². The van der Waals surface area contributed by atoms with Crippen molar-refractivity contribution in [3.8, 4) is 11.5 Å². The number of nitrogens with one attached hydrogen (secondary N) is 1. The van der Waals surface area contributed by atoms with Crippen molar-refractivity contribution < 1.29 is 9.47 Å². The molecular weight excluding hydrogens is 444 g/mol. The summed E-state index contributed by atoms with van der Waals surface area (Å²) in [5.74, 6) is 1.76. The molecule has 0 atom stereocenters. The molecule has 180 valence electrons. The van der Waals surface area contributed by atoms with E-state index < -0.39 is 0 Å². The average Bonchev–Trinajstić information content (AvgIpc) is 2.86. The molecule has 2 aromatic carbocycles. The maximum absolute atomic E-state index is 13.0. The van der Waals surface area contributed by atoms with Crippen molar-refractivity contribution in [2.24, 2.45) is 0 Å². The van der Waals surface area contributed by atoms with Gasteiger partial charge in [0.05, 0.1) is 31.8 Å². The Labute approximate surface area is 203 Å². The fourth-order valence-electron chi connectivity index (χ4n) is 4.51. The van der Waals surface area contributed by atoms with Gasteiger partial charge in [0.2, 0.25) is 5.95 Å². The minimum atomic E-state index is -0.250. The van der Waals surface area contributed by atoms with Gasteiger partial charge in [-0.25, -0.2) is 4.98 Å². The summed E-state index contributed by atoms with van der Waals surface area (Å²) >= 11 is 0. The lowest BCUT2D eigenvalue weighted by Crippen LogP contribution is -2.26. The van der Waals surface area contributed by atoms with Gasteiger partial charge in [-0.3, -0.25) is 9.36 Å². The molecule has 9 nitrogen and oxygen atoms in total. The number of rotatable bonds is 6. The molecule has 0 bridgehead atoms. The van der Waals surface area contributed by atoms with E-state index in [-0.39, 0.29) is 12.1 Å². The number of para-hydroxylation sites is 1. The van der Waals surface area contributed by atoms with Crippen LogP contribution < -0.4 is 26.1 Å². The highest BCUT2D eigenvalue weighted by atomic mass is 16.5. The van der Waals surface area contributed by atoms with Crippen LogP contribution in [0.1, 0.15) is 16.7 Å². The van der Waals surface area contributed by atoms with Crippen molar-refractivity contribution in [3.63, 3.8) is 0 Å². The predicted molar refractivity (Wildman–Crippen MR) is 137 cm³/mol. The van der Waals surface area contributed by atoms with Crippen LogP contribution in [-0.4, -0.2) is 47.2 Å². The van der Waals surface area contributed by atoms with E-state index in [1.807, 2.05) is 24.3 Å². The van der Waals surface area contributed by atoms with Crippen LogP contribution in [0.5, 0.6) is 11.5 Å². The lowest BCUT2D eigenvalue weighted by atomic mass is 9.99. The van der Waals surface area contributed by atoms with Gasteiger partial charge in [0, 0.05) is 36.6 Å². The number of aromatic nitrogens is 3. The third-order valence-electron chi connectivity index (χ3n) is 6.37. The Bertz CT molecular complexity index is 1470. The smallest absolute Gasteiger partial charge is 0.254 e. The van der Waals surface area contributed by atoms with Gasteiger partial charge in [0.25, 0.3) is 5.56 Å². The van der Waals surface area contributed by atoms with Gasteiger partial charge in [-0.2, -0.15) is 4.98 Å². The molecule has 0 amide bonds. The lowest BCUT2D eigenvalue weighted by Gasteiger charge is -2.26. The topological polar surface area (TPSA) is 108 Å². The van der Waals surface area contributed by atoms with Crippen LogP contribution in [-0.2, 0) is 19.5 Å². The van der Waals surface area contributed by atoms with Gasteiger partial charge in [-0.15, -0.1) is 0 Å². The summed E-state index contributed by atoms with van der Waals surface area (Å²) in [6.07, 6.45) is 2.61. The average molecular weight is 473 g/mol. The van der Waals surface area contributed by atoms with Gasteiger partial charge in [-0.1, -0.05) is 18.2 Å². The molecule has 0 saturated heterocycles. The number of nitrogens with two attached hydrogens (primary N) is 1. The minimum Gasteiger partial charge on any atom is -0.496 e. The van der Waals surface area contributed by atoms with Gasteiger partial charge >= 0.3 is 0 Å². The number of ether oxygens (including phenoxy) is 2. The number of hydrogen-bond donors (Lipinski definition) is 2. The maximum atomic E-state index is 13.0. The molecule has 0 saturated carbocycles. The van der Waals surface area contributed by atoms with E-state index in [2.05, 4.69) is 34.4 Å². The highest BCUT2D eigenvalue weighted by Gasteiger charge is 2.18. The molecule has 4 aromatic rings. The normalized spacial score (nSPS) is 13.5. The van der Waals surface area contributed by atoms with Crippen LogP contribution in [0.25, 0.3) is 11.0 Å². The number of likely N-dealkylation sites (N-methyl/N-ethyl adjacent to an activating group) is 1. The molecule has 3 heterocycles. The Kier molecular flexibility index (Phi) is 6.00. The molecule has 5 rings (SSSR count). The Morgan fingerprint density at radius 3 is 2.69 bits per heavy atom. The predicted octanol–water partition coefficient (Wildman–Crippen LogP) is 3.17. The summed E-state index contributed by atoms with van der Waals surface area (Å²) < 4.78 is 12.7. The molecule has 0 aliphatic carbocycles. The van der Waals surface area contributed by atoms with Crippen molar-refractivity contribution >= 4 is 28.4 Å². The van der Waals surface area contributed by atoms with Crippen LogP contribution in [0.3, 0.4) is 0 Å². The van der Waals surface area contributed by atoms with Crippen LogP contribution in [0.15, 0.2) is 53.5 Å². The van der Waals surface area contributed by atoms with Crippen molar-refractivity contribution in [2.45, 2.75) is 19.5 Å². The first-order valence-electron chi connectivity index (χ1n) is 11.4. The Morgan fingerprint density at radius 1 is 1.09 bits per heavy atom. The second-order valence-electron chi connectivity index (χ2n) is 8.70. The van der Waals surface area contributed by atoms with Gasteiger partial charge in [0.15, 0.2) is 5.65 Å². The van der Waals surface area contributed by atoms with Crippen LogP contribution in [0.4, 0.5) is 17.3 Å². The zero-order chi connectivity index (χ0) is 24.5. The molecule has 0 unspecified atom stereocenters. The summed E-state index contributed by atoms with van der Waals surface area (Å²) in [6.45, 7) is 2.16. The number of hydrogen-bond acceptors (Lipinski definition) is 8. The Hall–Kier alpha value is -4.11. The van der Waals surface area contributed by atoms with E-state index in [0.29, 0.717) is 28.4 Å². The highest BCUT2D eigenvalue weighted by Crippen LogP contribution is 2.33. The molecule has 9 heteroatoms. The minimum absolute atomic E-state index is 0.250. The number of benzene rings is 2. The quantitative estimate of drug-likeness (QED) is 0.441. The van der Waals surface area contributed by atoms with E-state index >= 15 is 0 Å². The summed E-state index contributed by atoms with van der Waals surface area (Å²) in [7, 11) is 5.36. The molecule has 2 aromatic heterocycles. The first-order valence-corrected chi connectivity index (χ1v) is 11.4. The maximum Gasteiger partial charge on any atom is 0.254 e. The number of methoxy groups -OCH3 is 2. The van der Waals surface area contributed by atoms with E-state index in [9.17, 15) is 4.79 Å². The Balaban J connectivity index is 1.57. The second-order valence-corrected chi connectivity index (χ2v) is 8.70. The number of fused-ring (bicyclic) bond motifs is 2. The molecule has 0 fully saturated rings.